The van der Waals surface area contributed by atoms with Crippen LogP contribution in [0.15, 0.2) is 77.1 Å². The molecule has 1 aliphatic rings. The van der Waals surface area contributed by atoms with Gasteiger partial charge in [-0.2, -0.15) is 8.78 Å². The second-order valence-electron chi connectivity index (χ2n) is 6.23. The van der Waals surface area contributed by atoms with Gasteiger partial charge in [0.05, 0.1) is 5.69 Å². The molecule has 30 heavy (non-hydrogen) atoms. The lowest BCUT2D eigenvalue weighted by molar-refractivity contribution is -0.127. The number of amidine groups is 1. The predicted molar refractivity (Wildman–Crippen MR) is 118 cm³/mol. The Bertz CT molecular complexity index is 937. The molecule has 1 N–H and O–H groups in total. The summed E-state index contributed by atoms with van der Waals surface area (Å²) in [6.07, 6.45) is 1.60. The Morgan fingerprint density at radius 1 is 1.23 bits per heavy atom. The SMILES string of the molecule is C=CCN1C(=O)C(CC(=O)Nc2ccccc2)SC1=Nc1ccc(SC(F)F)cc1. The quantitative estimate of drug-likeness (QED) is 0.449. The monoisotopic (exact) mass is 447 g/mol. The number of nitrogens with one attached hydrogen (secondary N) is 1. The Morgan fingerprint density at radius 2 is 1.93 bits per heavy atom. The number of para-hydroxylation sites is 1. The van der Waals surface area contributed by atoms with E-state index < -0.39 is 11.0 Å². The second kappa shape index (κ2) is 10.4. The fraction of sp³-hybridized carbons (Fsp3) is 0.190. The van der Waals surface area contributed by atoms with Crippen molar-refractivity contribution < 1.29 is 18.4 Å². The van der Waals surface area contributed by atoms with Gasteiger partial charge in [0.15, 0.2) is 5.17 Å². The van der Waals surface area contributed by atoms with Crippen LogP contribution in [-0.4, -0.2) is 39.4 Å². The number of thioether (sulfide) groups is 2. The van der Waals surface area contributed by atoms with Gasteiger partial charge < -0.3 is 5.32 Å². The maximum absolute atomic E-state index is 12.8. The molecular formula is C21H19F2N3O2S2. The lowest BCUT2D eigenvalue weighted by Crippen LogP contribution is -2.33. The van der Waals surface area contributed by atoms with E-state index in [0.717, 1.165) is 0 Å². The van der Waals surface area contributed by atoms with Gasteiger partial charge in [-0.15, -0.1) is 6.58 Å². The molecule has 1 fully saturated rings. The van der Waals surface area contributed by atoms with Crippen LogP contribution in [0.2, 0.25) is 0 Å². The molecular weight excluding hydrogens is 428 g/mol. The summed E-state index contributed by atoms with van der Waals surface area (Å²) in [6, 6.07) is 15.4. The van der Waals surface area contributed by atoms with Crippen molar-refractivity contribution in [3.8, 4) is 0 Å². The maximum Gasteiger partial charge on any atom is 0.288 e. The summed E-state index contributed by atoms with van der Waals surface area (Å²) in [5.41, 5.74) is 1.20. The number of halogens is 2. The third kappa shape index (κ3) is 5.93. The van der Waals surface area contributed by atoms with E-state index >= 15 is 0 Å². The van der Waals surface area contributed by atoms with Crippen LogP contribution in [0.1, 0.15) is 6.42 Å². The number of anilines is 1. The van der Waals surface area contributed by atoms with Crippen LogP contribution in [0.4, 0.5) is 20.2 Å². The van der Waals surface area contributed by atoms with Crippen LogP contribution >= 0.6 is 23.5 Å². The fourth-order valence-electron chi connectivity index (χ4n) is 2.74. The number of amides is 2. The number of carbonyl (C=O) groups is 2. The molecule has 156 valence electrons. The van der Waals surface area contributed by atoms with E-state index in [1.165, 1.54) is 16.7 Å². The molecule has 1 saturated heterocycles. The number of carbonyl (C=O) groups excluding carboxylic acids is 2. The van der Waals surface area contributed by atoms with Crippen LogP contribution in [-0.2, 0) is 9.59 Å². The number of hydrogen-bond acceptors (Lipinski definition) is 5. The largest absolute Gasteiger partial charge is 0.326 e. The average Bonchev–Trinajstić information content (AvgIpc) is 2.99. The number of aliphatic imine (C=N–C) groups is 1. The highest BCUT2D eigenvalue weighted by Gasteiger charge is 2.38. The molecule has 2 aromatic rings. The average molecular weight is 448 g/mol. The van der Waals surface area contributed by atoms with Crippen molar-refractivity contribution in [3.05, 3.63) is 67.3 Å². The Balaban J connectivity index is 1.71. The highest BCUT2D eigenvalue weighted by molar-refractivity contribution is 8.15. The zero-order valence-electron chi connectivity index (χ0n) is 15.8. The molecule has 0 radical (unpaired) electrons. The van der Waals surface area contributed by atoms with Gasteiger partial charge in [0, 0.05) is 23.5 Å². The number of nitrogens with zero attached hydrogens (tertiary/aromatic N) is 2. The zero-order valence-corrected chi connectivity index (χ0v) is 17.5. The van der Waals surface area contributed by atoms with Crippen LogP contribution in [0.25, 0.3) is 0 Å². The molecule has 0 spiro atoms. The van der Waals surface area contributed by atoms with Crippen molar-refractivity contribution in [3.63, 3.8) is 0 Å². The molecule has 2 aromatic carbocycles. The van der Waals surface area contributed by atoms with E-state index in [9.17, 15) is 18.4 Å². The van der Waals surface area contributed by atoms with Crippen molar-refractivity contribution in [2.24, 2.45) is 4.99 Å². The van der Waals surface area contributed by atoms with E-state index in [-0.39, 0.29) is 24.8 Å². The van der Waals surface area contributed by atoms with Crippen molar-refractivity contribution >= 4 is 51.9 Å². The summed E-state index contributed by atoms with van der Waals surface area (Å²) in [7, 11) is 0. The van der Waals surface area contributed by atoms with E-state index in [1.54, 1.807) is 42.5 Å². The molecule has 5 nitrogen and oxygen atoms in total. The first-order valence-corrected chi connectivity index (χ1v) is 10.8. The van der Waals surface area contributed by atoms with E-state index in [1.807, 2.05) is 18.2 Å². The normalized spacial score (nSPS) is 17.6. The smallest absolute Gasteiger partial charge is 0.288 e. The van der Waals surface area contributed by atoms with Gasteiger partial charge >= 0.3 is 0 Å². The van der Waals surface area contributed by atoms with E-state index in [2.05, 4.69) is 16.9 Å². The summed E-state index contributed by atoms with van der Waals surface area (Å²) in [4.78, 5) is 31.5. The van der Waals surface area contributed by atoms with Crippen molar-refractivity contribution in [2.75, 3.05) is 11.9 Å². The molecule has 1 heterocycles. The van der Waals surface area contributed by atoms with Crippen molar-refractivity contribution in [2.45, 2.75) is 22.3 Å². The number of benzene rings is 2. The van der Waals surface area contributed by atoms with Gasteiger partial charge in [0.2, 0.25) is 11.8 Å². The summed E-state index contributed by atoms with van der Waals surface area (Å²) in [6.45, 7) is 3.93. The summed E-state index contributed by atoms with van der Waals surface area (Å²) in [5, 5.41) is 2.63. The van der Waals surface area contributed by atoms with Crippen LogP contribution in [0, 0.1) is 0 Å². The summed E-state index contributed by atoms with van der Waals surface area (Å²) >= 11 is 1.67. The minimum atomic E-state index is -2.49. The number of hydrogen-bond donors (Lipinski definition) is 1. The fourth-order valence-corrected chi connectivity index (χ4v) is 4.40. The molecule has 0 bridgehead atoms. The van der Waals surface area contributed by atoms with Gasteiger partial charge in [-0.25, -0.2) is 4.99 Å². The lowest BCUT2D eigenvalue weighted by atomic mass is 10.2. The number of rotatable bonds is 8. The van der Waals surface area contributed by atoms with Crippen molar-refractivity contribution in [1.29, 1.82) is 0 Å². The first-order chi connectivity index (χ1) is 14.5. The molecule has 0 saturated carbocycles. The second-order valence-corrected chi connectivity index (χ2v) is 8.46. The summed E-state index contributed by atoms with van der Waals surface area (Å²) < 4.78 is 24.9. The van der Waals surface area contributed by atoms with E-state index in [0.29, 0.717) is 33.2 Å². The van der Waals surface area contributed by atoms with E-state index in [4.69, 9.17) is 0 Å². The third-order valence-corrected chi connectivity index (χ3v) is 5.94. The van der Waals surface area contributed by atoms with Gasteiger partial charge in [-0.3, -0.25) is 14.5 Å². The molecule has 1 aliphatic heterocycles. The summed E-state index contributed by atoms with van der Waals surface area (Å²) in [5.74, 6) is -2.97. The lowest BCUT2D eigenvalue weighted by Gasteiger charge is -2.14. The number of alkyl halides is 2. The molecule has 2 amide bonds. The van der Waals surface area contributed by atoms with Crippen LogP contribution in [0.3, 0.4) is 0 Å². The Morgan fingerprint density at radius 3 is 2.57 bits per heavy atom. The van der Waals surface area contributed by atoms with Gasteiger partial charge in [0.25, 0.3) is 5.76 Å². The third-order valence-electron chi connectivity index (χ3n) is 4.05. The first-order valence-electron chi connectivity index (χ1n) is 9.03. The highest BCUT2D eigenvalue weighted by atomic mass is 32.2. The molecule has 0 aliphatic carbocycles. The van der Waals surface area contributed by atoms with Crippen molar-refractivity contribution in [1.82, 2.24) is 4.90 Å². The van der Waals surface area contributed by atoms with Crippen LogP contribution < -0.4 is 5.32 Å². The Labute approximate surface area is 181 Å². The topological polar surface area (TPSA) is 61.8 Å². The van der Waals surface area contributed by atoms with Gasteiger partial charge in [0.1, 0.15) is 5.25 Å². The molecule has 0 aromatic heterocycles. The maximum atomic E-state index is 12.8. The van der Waals surface area contributed by atoms with Crippen LogP contribution in [0.5, 0.6) is 0 Å². The Hall–Kier alpha value is -2.65. The standard InChI is InChI=1S/C21H19F2N3O2S2/c1-2-12-26-19(28)17(13-18(27)24-14-6-4-3-5-7-14)30-21(26)25-15-8-10-16(11-9-15)29-20(22)23/h2-11,17,20H,1,12-13H2,(H,24,27). The molecule has 9 heteroatoms. The molecule has 1 unspecified atom stereocenters. The highest BCUT2D eigenvalue weighted by Crippen LogP contribution is 2.33. The molecule has 3 rings (SSSR count). The van der Waals surface area contributed by atoms with Gasteiger partial charge in [-0.1, -0.05) is 47.8 Å². The predicted octanol–water partition coefficient (Wildman–Crippen LogP) is 5.15. The zero-order chi connectivity index (χ0) is 21.5. The van der Waals surface area contributed by atoms with Gasteiger partial charge in [-0.05, 0) is 36.4 Å². The minimum Gasteiger partial charge on any atom is -0.326 e. The molecule has 1 atom stereocenters. The minimum absolute atomic E-state index is 0.00895. The Kier molecular flexibility index (Phi) is 7.64. The first kappa shape index (κ1) is 22.0.